The lowest BCUT2D eigenvalue weighted by Crippen LogP contribution is -2.32. The minimum Gasteiger partial charge on any atom is -0.356 e. The topological polar surface area (TPSA) is 80.1 Å². The molecule has 0 radical (unpaired) electrons. The lowest BCUT2D eigenvalue weighted by molar-refractivity contribution is -0.119. The molecule has 0 spiro atoms. The van der Waals surface area contributed by atoms with E-state index in [2.05, 4.69) is 29.1 Å². The van der Waals surface area contributed by atoms with Gasteiger partial charge in [0.15, 0.2) is 0 Å². The molecule has 27 heavy (non-hydrogen) atoms. The van der Waals surface area contributed by atoms with Gasteiger partial charge in [-0.2, -0.15) is 0 Å². The van der Waals surface area contributed by atoms with Gasteiger partial charge in [0, 0.05) is 69.1 Å². The number of nitrogens with zero attached hydrogens (tertiary/aromatic N) is 4. The van der Waals surface area contributed by atoms with Crippen molar-refractivity contribution in [1.29, 1.82) is 0 Å². The SMILES string of the molecule is CC(=O)NC[C@@H]1CN(C(=O)c2csc(CC(C)C)n2)C[C@H]1c1cncn1C. The number of carbonyl (C=O) groups excluding carboxylic acids is 2. The third kappa shape index (κ3) is 4.55. The summed E-state index contributed by atoms with van der Waals surface area (Å²) in [6.07, 6.45) is 4.51. The van der Waals surface area contributed by atoms with Crippen molar-refractivity contribution in [2.45, 2.75) is 33.1 Å². The molecule has 0 bridgehead atoms. The number of aromatic nitrogens is 3. The molecule has 8 heteroatoms. The highest BCUT2D eigenvalue weighted by Gasteiger charge is 2.38. The first-order valence-corrected chi connectivity index (χ1v) is 10.2. The van der Waals surface area contributed by atoms with E-state index in [1.54, 1.807) is 17.7 Å². The molecule has 2 aromatic rings. The lowest BCUT2D eigenvalue weighted by atomic mass is 9.93. The van der Waals surface area contributed by atoms with Crippen LogP contribution in [0, 0.1) is 11.8 Å². The predicted molar refractivity (Wildman–Crippen MR) is 105 cm³/mol. The summed E-state index contributed by atoms with van der Waals surface area (Å²) in [5.41, 5.74) is 1.61. The molecule has 1 saturated heterocycles. The summed E-state index contributed by atoms with van der Waals surface area (Å²) in [6.45, 7) is 7.57. The molecule has 0 aromatic carbocycles. The predicted octanol–water partition coefficient (Wildman–Crippen LogP) is 2.07. The molecule has 0 saturated carbocycles. The summed E-state index contributed by atoms with van der Waals surface area (Å²) in [5.74, 6) is 0.728. The van der Waals surface area contributed by atoms with Crippen molar-refractivity contribution >= 4 is 23.2 Å². The highest BCUT2D eigenvalue weighted by atomic mass is 32.1. The van der Waals surface area contributed by atoms with Gasteiger partial charge < -0.3 is 14.8 Å². The van der Waals surface area contributed by atoms with Gasteiger partial charge in [-0.25, -0.2) is 9.97 Å². The molecule has 0 unspecified atom stereocenters. The molecule has 146 valence electrons. The number of likely N-dealkylation sites (tertiary alicyclic amines) is 1. The van der Waals surface area contributed by atoms with Crippen molar-refractivity contribution in [3.63, 3.8) is 0 Å². The zero-order chi connectivity index (χ0) is 19.6. The van der Waals surface area contributed by atoms with Gasteiger partial charge in [0.1, 0.15) is 5.69 Å². The van der Waals surface area contributed by atoms with Crippen LogP contribution in [0.25, 0.3) is 0 Å². The Labute approximate surface area is 163 Å². The monoisotopic (exact) mass is 389 g/mol. The summed E-state index contributed by atoms with van der Waals surface area (Å²) in [7, 11) is 1.96. The highest BCUT2D eigenvalue weighted by Crippen LogP contribution is 2.33. The van der Waals surface area contributed by atoms with Crippen LogP contribution in [0.5, 0.6) is 0 Å². The first-order chi connectivity index (χ1) is 12.8. The van der Waals surface area contributed by atoms with Gasteiger partial charge in [0.2, 0.25) is 5.91 Å². The first kappa shape index (κ1) is 19.5. The van der Waals surface area contributed by atoms with E-state index < -0.39 is 0 Å². The molecule has 7 nitrogen and oxygen atoms in total. The van der Waals surface area contributed by atoms with Gasteiger partial charge in [-0.05, 0) is 5.92 Å². The molecule has 2 amide bonds. The van der Waals surface area contributed by atoms with Crippen molar-refractivity contribution in [1.82, 2.24) is 24.8 Å². The number of nitrogens with one attached hydrogen (secondary N) is 1. The molecule has 3 rings (SSSR count). The van der Waals surface area contributed by atoms with Crippen molar-refractivity contribution in [2.75, 3.05) is 19.6 Å². The average Bonchev–Trinajstić information content (AvgIpc) is 3.31. The molecular formula is C19H27N5O2S. The molecule has 2 aromatic heterocycles. The molecule has 1 aliphatic heterocycles. The fraction of sp³-hybridized carbons (Fsp3) is 0.579. The van der Waals surface area contributed by atoms with E-state index in [-0.39, 0.29) is 23.7 Å². The summed E-state index contributed by atoms with van der Waals surface area (Å²) in [5, 5.41) is 5.77. The van der Waals surface area contributed by atoms with Crippen LogP contribution in [0.2, 0.25) is 0 Å². The highest BCUT2D eigenvalue weighted by molar-refractivity contribution is 7.09. The van der Waals surface area contributed by atoms with Crippen LogP contribution in [-0.4, -0.2) is 50.9 Å². The largest absolute Gasteiger partial charge is 0.356 e. The third-order valence-electron chi connectivity index (χ3n) is 4.93. The Kier molecular flexibility index (Phi) is 5.94. The molecule has 0 aliphatic carbocycles. The molecular weight excluding hydrogens is 362 g/mol. The van der Waals surface area contributed by atoms with E-state index in [0.29, 0.717) is 31.2 Å². The summed E-state index contributed by atoms with van der Waals surface area (Å²) in [4.78, 5) is 35.0. The van der Waals surface area contributed by atoms with E-state index in [0.717, 1.165) is 17.1 Å². The maximum Gasteiger partial charge on any atom is 0.273 e. The maximum absolute atomic E-state index is 13.0. The number of rotatable bonds is 6. The van der Waals surface area contributed by atoms with Gasteiger partial charge in [0.05, 0.1) is 11.3 Å². The number of carbonyl (C=O) groups is 2. The number of hydrogen-bond donors (Lipinski definition) is 1. The zero-order valence-electron chi connectivity index (χ0n) is 16.3. The molecule has 1 aliphatic rings. The zero-order valence-corrected chi connectivity index (χ0v) is 17.1. The second-order valence-corrected chi connectivity index (χ2v) is 8.61. The van der Waals surface area contributed by atoms with Crippen LogP contribution in [0.3, 0.4) is 0 Å². The van der Waals surface area contributed by atoms with E-state index >= 15 is 0 Å². The maximum atomic E-state index is 13.0. The normalized spacial score (nSPS) is 19.7. The van der Waals surface area contributed by atoms with Gasteiger partial charge >= 0.3 is 0 Å². The fourth-order valence-corrected chi connectivity index (χ4v) is 4.57. The van der Waals surface area contributed by atoms with Crippen molar-refractivity contribution < 1.29 is 9.59 Å². The van der Waals surface area contributed by atoms with Crippen molar-refractivity contribution in [3.05, 3.63) is 34.3 Å². The third-order valence-corrected chi connectivity index (χ3v) is 5.80. The quantitative estimate of drug-likeness (QED) is 0.820. The molecule has 1 N–H and O–H groups in total. The second-order valence-electron chi connectivity index (χ2n) is 7.67. The summed E-state index contributed by atoms with van der Waals surface area (Å²) < 4.78 is 1.99. The Morgan fingerprint density at radius 2 is 2.15 bits per heavy atom. The Hall–Kier alpha value is -2.22. The van der Waals surface area contributed by atoms with Gasteiger partial charge in [-0.15, -0.1) is 11.3 Å². The second kappa shape index (κ2) is 8.21. The lowest BCUT2D eigenvalue weighted by Gasteiger charge is -2.18. The number of thiazole rings is 1. The van der Waals surface area contributed by atoms with Crippen molar-refractivity contribution in [2.24, 2.45) is 18.9 Å². The molecule has 2 atom stereocenters. The standard InChI is InChI=1S/C19H27N5O2S/c1-12(2)5-18-22-16(10-27-18)19(26)24-8-14(6-21-13(3)25)15(9-24)17-7-20-11-23(17)4/h7,10-12,14-15H,5-6,8-9H2,1-4H3,(H,21,25)/t14-,15-/m1/s1. The molecule has 1 fully saturated rings. The number of hydrogen-bond acceptors (Lipinski definition) is 5. The van der Waals surface area contributed by atoms with Crippen LogP contribution >= 0.6 is 11.3 Å². The minimum atomic E-state index is -0.0543. The van der Waals surface area contributed by atoms with Gasteiger partial charge in [0.25, 0.3) is 5.91 Å². The number of imidazole rings is 1. The Bertz CT molecular complexity index is 813. The first-order valence-electron chi connectivity index (χ1n) is 9.29. The van der Waals surface area contributed by atoms with E-state index in [4.69, 9.17) is 0 Å². The molecule has 3 heterocycles. The summed E-state index contributed by atoms with van der Waals surface area (Å²) >= 11 is 1.55. The van der Waals surface area contributed by atoms with Crippen LogP contribution in [-0.2, 0) is 18.3 Å². The van der Waals surface area contributed by atoms with Crippen molar-refractivity contribution in [3.8, 4) is 0 Å². The minimum absolute atomic E-state index is 0.0289. The van der Waals surface area contributed by atoms with E-state index in [1.807, 2.05) is 28.1 Å². The van der Waals surface area contributed by atoms with E-state index in [9.17, 15) is 9.59 Å². The average molecular weight is 390 g/mol. The van der Waals surface area contributed by atoms with Crippen LogP contribution < -0.4 is 5.32 Å². The number of aryl methyl sites for hydroxylation is 1. The van der Waals surface area contributed by atoms with Crippen LogP contribution in [0.1, 0.15) is 47.9 Å². The van der Waals surface area contributed by atoms with E-state index in [1.165, 1.54) is 6.92 Å². The number of amides is 2. The van der Waals surface area contributed by atoms with Crippen LogP contribution in [0.15, 0.2) is 17.9 Å². The Balaban J connectivity index is 1.76. The van der Waals surface area contributed by atoms with Gasteiger partial charge in [-0.3, -0.25) is 9.59 Å². The fourth-order valence-electron chi connectivity index (χ4n) is 3.59. The van der Waals surface area contributed by atoms with Crippen LogP contribution in [0.4, 0.5) is 0 Å². The Morgan fingerprint density at radius 1 is 1.37 bits per heavy atom. The Morgan fingerprint density at radius 3 is 2.78 bits per heavy atom. The summed E-state index contributed by atoms with van der Waals surface area (Å²) in [6, 6.07) is 0. The van der Waals surface area contributed by atoms with Gasteiger partial charge in [-0.1, -0.05) is 13.8 Å². The smallest absolute Gasteiger partial charge is 0.273 e.